The number of aromatic amines is 1. The topological polar surface area (TPSA) is 92.8 Å². The molecule has 2 aromatic rings. The van der Waals surface area contributed by atoms with Gasteiger partial charge in [-0.15, -0.1) is 0 Å². The Balaban J connectivity index is 1.83. The summed E-state index contributed by atoms with van der Waals surface area (Å²) in [6, 6.07) is 3.56. The fourth-order valence-corrected chi connectivity index (χ4v) is 1.89. The van der Waals surface area contributed by atoms with Crippen molar-refractivity contribution in [1.29, 1.82) is 0 Å². The SMILES string of the molecule is CCOC(=O)CCCc1cc(Nc2ccnc(Cl)n2)n[nH]1. The maximum Gasteiger partial charge on any atom is 0.305 e. The maximum atomic E-state index is 11.2. The first-order chi connectivity index (χ1) is 10.2. The molecule has 0 aliphatic rings. The zero-order valence-corrected chi connectivity index (χ0v) is 12.4. The summed E-state index contributed by atoms with van der Waals surface area (Å²) in [5.74, 6) is 1.03. The Hall–Kier alpha value is -2.15. The van der Waals surface area contributed by atoms with Gasteiger partial charge in [0.15, 0.2) is 5.82 Å². The van der Waals surface area contributed by atoms with Gasteiger partial charge in [0, 0.05) is 24.4 Å². The van der Waals surface area contributed by atoms with Crippen molar-refractivity contribution in [1.82, 2.24) is 20.2 Å². The molecule has 0 saturated heterocycles. The van der Waals surface area contributed by atoms with Gasteiger partial charge in [0.05, 0.1) is 6.61 Å². The fourth-order valence-electron chi connectivity index (χ4n) is 1.75. The van der Waals surface area contributed by atoms with Crippen molar-refractivity contribution in [2.24, 2.45) is 0 Å². The maximum absolute atomic E-state index is 11.2. The molecule has 2 rings (SSSR count). The first-order valence-corrected chi connectivity index (χ1v) is 7.00. The van der Waals surface area contributed by atoms with Crippen LogP contribution in [0.3, 0.4) is 0 Å². The second-order valence-corrected chi connectivity index (χ2v) is 4.61. The lowest BCUT2D eigenvalue weighted by molar-refractivity contribution is -0.143. The van der Waals surface area contributed by atoms with Crippen LogP contribution in [0.15, 0.2) is 18.3 Å². The van der Waals surface area contributed by atoms with Gasteiger partial charge in [-0.25, -0.2) is 9.97 Å². The molecule has 0 aliphatic carbocycles. The van der Waals surface area contributed by atoms with Gasteiger partial charge < -0.3 is 10.1 Å². The molecule has 0 amide bonds. The van der Waals surface area contributed by atoms with Crippen LogP contribution in [0.4, 0.5) is 11.6 Å². The molecule has 0 fully saturated rings. The van der Waals surface area contributed by atoms with Gasteiger partial charge in [-0.1, -0.05) is 0 Å². The smallest absolute Gasteiger partial charge is 0.305 e. The minimum atomic E-state index is -0.175. The van der Waals surface area contributed by atoms with Crippen molar-refractivity contribution < 1.29 is 9.53 Å². The van der Waals surface area contributed by atoms with Crippen LogP contribution in [0, 0.1) is 0 Å². The second kappa shape index (κ2) is 7.58. The van der Waals surface area contributed by atoms with E-state index in [1.807, 2.05) is 6.07 Å². The molecule has 21 heavy (non-hydrogen) atoms. The Bertz CT molecular complexity index is 602. The van der Waals surface area contributed by atoms with E-state index in [4.69, 9.17) is 16.3 Å². The first kappa shape index (κ1) is 15.2. The van der Waals surface area contributed by atoms with Crippen LogP contribution in [0.5, 0.6) is 0 Å². The average molecular weight is 310 g/mol. The van der Waals surface area contributed by atoms with Crippen molar-refractivity contribution in [2.45, 2.75) is 26.2 Å². The van der Waals surface area contributed by atoms with Crippen LogP contribution < -0.4 is 5.32 Å². The Morgan fingerprint density at radius 1 is 1.48 bits per heavy atom. The third-order valence-electron chi connectivity index (χ3n) is 2.65. The van der Waals surface area contributed by atoms with E-state index in [-0.39, 0.29) is 11.3 Å². The van der Waals surface area contributed by atoms with Crippen molar-refractivity contribution in [3.8, 4) is 0 Å². The van der Waals surface area contributed by atoms with E-state index >= 15 is 0 Å². The molecule has 2 heterocycles. The van der Waals surface area contributed by atoms with Gasteiger partial charge in [-0.2, -0.15) is 5.10 Å². The predicted molar refractivity (Wildman–Crippen MR) is 78.5 cm³/mol. The highest BCUT2D eigenvalue weighted by Gasteiger charge is 2.05. The molecule has 8 heteroatoms. The van der Waals surface area contributed by atoms with Crippen LogP contribution in [-0.2, 0) is 16.0 Å². The van der Waals surface area contributed by atoms with Crippen molar-refractivity contribution in [3.05, 3.63) is 29.3 Å². The number of carbonyl (C=O) groups excluding carboxylic acids is 1. The molecule has 0 atom stereocenters. The number of anilines is 2. The standard InChI is InChI=1S/C13H16ClN5O2/c1-2-21-12(20)5-3-4-9-8-11(19-18-9)16-10-6-7-15-13(14)17-10/h6-8H,2-5H2,1H3,(H2,15,16,17,18,19). The lowest BCUT2D eigenvalue weighted by atomic mass is 10.2. The van der Waals surface area contributed by atoms with Crippen LogP contribution in [0.25, 0.3) is 0 Å². The summed E-state index contributed by atoms with van der Waals surface area (Å²) < 4.78 is 4.87. The Kier molecular flexibility index (Phi) is 5.51. The summed E-state index contributed by atoms with van der Waals surface area (Å²) in [6.45, 7) is 2.21. The van der Waals surface area contributed by atoms with E-state index in [9.17, 15) is 4.79 Å². The molecule has 0 aromatic carbocycles. The molecule has 0 bridgehead atoms. The molecule has 2 N–H and O–H groups in total. The van der Waals surface area contributed by atoms with Crippen molar-refractivity contribution in [3.63, 3.8) is 0 Å². The number of rotatable bonds is 7. The summed E-state index contributed by atoms with van der Waals surface area (Å²) in [6.07, 6.45) is 3.39. The normalized spacial score (nSPS) is 10.4. The van der Waals surface area contributed by atoms with E-state index in [1.165, 1.54) is 0 Å². The van der Waals surface area contributed by atoms with Crippen LogP contribution in [-0.4, -0.2) is 32.7 Å². The Morgan fingerprint density at radius 2 is 2.33 bits per heavy atom. The largest absolute Gasteiger partial charge is 0.466 e. The van der Waals surface area contributed by atoms with Gasteiger partial charge in [-0.05, 0) is 37.4 Å². The number of nitrogens with zero attached hydrogens (tertiary/aromatic N) is 3. The second-order valence-electron chi connectivity index (χ2n) is 4.27. The lowest BCUT2D eigenvalue weighted by Gasteiger charge is -2.00. The van der Waals surface area contributed by atoms with E-state index in [1.54, 1.807) is 19.2 Å². The highest BCUT2D eigenvalue weighted by atomic mass is 35.5. The highest BCUT2D eigenvalue weighted by molar-refractivity contribution is 6.28. The summed E-state index contributed by atoms with van der Waals surface area (Å²) in [7, 11) is 0. The highest BCUT2D eigenvalue weighted by Crippen LogP contribution is 2.15. The van der Waals surface area contributed by atoms with Crippen molar-refractivity contribution in [2.75, 3.05) is 11.9 Å². The quantitative estimate of drug-likeness (QED) is 0.603. The molecule has 0 aliphatic heterocycles. The van der Waals surface area contributed by atoms with Gasteiger partial charge in [0.2, 0.25) is 5.28 Å². The number of aromatic nitrogens is 4. The zero-order chi connectivity index (χ0) is 15.1. The van der Waals surface area contributed by atoms with Gasteiger partial charge in [-0.3, -0.25) is 9.89 Å². The Morgan fingerprint density at radius 3 is 3.10 bits per heavy atom. The summed E-state index contributed by atoms with van der Waals surface area (Å²) in [5.41, 5.74) is 0.932. The molecule has 0 saturated carbocycles. The number of aryl methyl sites for hydroxylation is 1. The molecular weight excluding hydrogens is 294 g/mol. The minimum absolute atomic E-state index is 0.171. The molecule has 0 radical (unpaired) electrons. The van der Waals surface area contributed by atoms with E-state index in [0.29, 0.717) is 31.1 Å². The van der Waals surface area contributed by atoms with Gasteiger partial charge >= 0.3 is 5.97 Å². The molecule has 0 spiro atoms. The number of esters is 1. The van der Waals surface area contributed by atoms with Gasteiger partial charge in [0.1, 0.15) is 5.82 Å². The first-order valence-electron chi connectivity index (χ1n) is 6.63. The summed E-state index contributed by atoms with van der Waals surface area (Å²) in [5, 5.41) is 10.2. The van der Waals surface area contributed by atoms with Gasteiger partial charge in [0.25, 0.3) is 0 Å². The number of halogens is 1. The third kappa shape index (κ3) is 5.03. The average Bonchev–Trinajstić information content (AvgIpc) is 2.86. The number of hydrogen-bond donors (Lipinski definition) is 2. The molecule has 112 valence electrons. The van der Waals surface area contributed by atoms with Crippen molar-refractivity contribution >= 4 is 29.2 Å². The van der Waals surface area contributed by atoms with Crippen LogP contribution in [0.1, 0.15) is 25.5 Å². The Labute approximate surface area is 127 Å². The summed E-state index contributed by atoms with van der Waals surface area (Å²) in [4.78, 5) is 19.0. The zero-order valence-electron chi connectivity index (χ0n) is 11.6. The number of hydrogen-bond acceptors (Lipinski definition) is 6. The number of carbonyl (C=O) groups is 1. The predicted octanol–water partition coefficient (Wildman–Crippen LogP) is 2.48. The minimum Gasteiger partial charge on any atom is -0.466 e. The van der Waals surface area contributed by atoms with E-state index in [2.05, 4.69) is 25.5 Å². The third-order valence-corrected chi connectivity index (χ3v) is 2.83. The number of ether oxygens (including phenoxy) is 1. The molecular formula is C13H16ClN5O2. The molecule has 2 aromatic heterocycles. The monoisotopic (exact) mass is 309 g/mol. The van der Waals surface area contributed by atoms with E-state index in [0.717, 1.165) is 12.1 Å². The van der Waals surface area contributed by atoms with Crippen LogP contribution >= 0.6 is 11.6 Å². The molecule has 7 nitrogen and oxygen atoms in total. The van der Waals surface area contributed by atoms with E-state index < -0.39 is 0 Å². The molecule has 0 unspecified atom stereocenters. The van der Waals surface area contributed by atoms with Crippen LogP contribution in [0.2, 0.25) is 5.28 Å². The fraction of sp³-hybridized carbons (Fsp3) is 0.385. The lowest BCUT2D eigenvalue weighted by Crippen LogP contribution is -2.04. The number of nitrogens with one attached hydrogen (secondary N) is 2. The number of H-pyrrole nitrogens is 1. The summed E-state index contributed by atoms with van der Waals surface area (Å²) >= 11 is 5.71.